The minimum Gasteiger partial charge on any atom is -0.508 e. The number of guanidine groups is 1. The average molecular weight is 909 g/mol. The summed E-state index contributed by atoms with van der Waals surface area (Å²) in [7, 11) is 1.46. The molecule has 1 fully saturated rings. The van der Waals surface area contributed by atoms with Crippen molar-refractivity contribution in [3.05, 3.63) is 59.7 Å². The molecule has 2 aromatic rings. The van der Waals surface area contributed by atoms with E-state index in [-0.39, 0.29) is 75.5 Å². The lowest BCUT2D eigenvalue weighted by Crippen LogP contribution is -2.61. The third-order valence-electron chi connectivity index (χ3n) is 11.7. The first kappa shape index (κ1) is 52.7. The van der Waals surface area contributed by atoms with E-state index >= 15 is 0 Å². The molecule has 8 unspecified atom stereocenters. The monoisotopic (exact) mass is 909 g/mol. The molecule has 7 amide bonds. The van der Waals surface area contributed by atoms with E-state index in [1.54, 1.807) is 38.1 Å². The van der Waals surface area contributed by atoms with Crippen LogP contribution in [-0.4, -0.2) is 124 Å². The Morgan fingerprint density at radius 1 is 0.815 bits per heavy atom. The van der Waals surface area contributed by atoms with Crippen LogP contribution in [0.25, 0.3) is 0 Å². The molecule has 0 radical (unpaired) electrons. The predicted molar refractivity (Wildman–Crippen MR) is 243 cm³/mol. The van der Waals surface area contributed by atoms with Crippen LogP contribution in [0, 0.1) is 11.8 Å². The van der Waals surface area contributed by atoms with Gasteiger partial charge in [0.05, 0.1) is 0 Å². The van der Waals surface area contributed by atoms with Gasteiger partial charge in [0.2, 0.25) is 29.5 Å². The maximum Gasteiger partial charge on any atom is 0.326 e. The molecule has 8 atom stereocenters. The minimum atomic E-state index is -1.35. The molecule has 0 aliphatic carbocycles. The maximum atomic E-state index is 14.7. The normalized spacial score (nSPS) is 22.0. The number of aryl methyl sites for hydroxylation is 1. The topological polar surface area (TPSA) is 320 Å². The van der Waals surface area contributed by atoms with Crippen LogP contribution in [0.4, 0.5) is 4.79 Å². The Kier molecular flexibility index (Phi) is 21.3. The SMILES string of the molecule is CCC(C)C1NC(=O)C(NC(=O)NC(CCCN=C(N)N)C(=O)O)CCCCNC(=O)C(Cc2ccc(O)cc2)NC(=O)C(C(C)CC)N(C)C(=O)C(CCc2ccc(O)cc2)NC1=O. The largest absolute Gasteiger partial charge is 0.508 e. The standard InChI is InChI=1S/C45H68N10O10/c1-6-26(3)36-40(60)50-33(22-17-28-13-18-30(56)19-14-28)42(62)55(5)37(27(4)7-2)41(61)51-35(25-29-15-20-31(57)21-16-29)38(58)48-23-9-8-11-32(39(59)54-36)52-45(65)53-34(43(63)64)12-10-24-49-44(46)47/h13-16,18-21,26-27,32-37,56-57H,6-12,17,22-25H2,1-5H3,(H,48,58)(H,50,60)(H,51,61)(H,54,59)(H,63,64)(H4,46,47,49)(H2,52,53,65). The summed E-state index contributed by atoms with van der Waals surface area (Å²) >= 11 is 0. The second-order valence-electron chi connectivity index (χ2n) is 16.6. The molecular formula is C45H68N10O10. The zero-order chi connectivity index (χ0) is 48.2. The summed E-state index contributed by atoms with van der Waals surface area (Å²) in [5.41, 5.74) is 12.1. The fourth-order valence-corrected chi connectivity index (χ4v) is 7.40. The Morgan fingerprint density at radius 3 is 2.00 bits per heavy atom. The number of aliphatic carboxylic acids is 1. The minimum absolute atomic E-state index is 0.00892. The van der Waals surface area contributed by atoms with Gasteiger partial charge in [0, 0.05) is 26.6 Å². The smallest absolute Gasteiger partial charge is 0.326 e. The van der Waals surface area contributed by atoms with Crippen LogP contribution < -0.4 is 43.4 Å². The Hall–Kier alpha value is -6.60. The molecule has 0 saturated carbocycles. The van der Waals surface area contributed by atoms with Crippen molar-refractivity contribution >= 4 is 47.5 Å². The molecule has 3 rings (SSSR count). The van der Waals surface area contributed by atoms with E-state index in [1.807, 2.05) is 13.8 Å². The van der Waals surface area contributed by atoms with E-state index in [2.05, 4.69) is 36.9 Å². The number of hydrogen-bond donors (Lipinski definition) is 11. The van der Waals surface area contributed by atoms with Crippen molar-refractivity contribution in [3.63, 3.8) is 0 Å². The second kappa shape index (κ2) is 26.3. The van der Waals surface area contributed by atoms with Crippen LogP contribution in [0.5, 0.6) is 11.5 Å². The number of aliphatic imine (C=N–C) groups is 1. The quantitative estimate of drug-likeness (QED) is 0.0642. The van der Waals surface area contributed by atoms with Crippen molar-refractivity contribution in [1.82, 2.24) is 36.8 Å². The molecule has 1 aliphatic heterocycles. The number of phenols is 2. The number of nitrogens with one attached hydrogen (secondary N) is 6. The first-order valence-electron chi connectivity index (χ1n) is 22.2. The highest BCUT2D eigenvalue weighted by Gasteiger charge is 2.38. The summed E-state index contributed by atoms with van der Waals surface area (Å²) in [4.78, 5) is 102. The number of benzene rings is 2. The van der Waals surface area contributed by atoms with E-state index < -0.39 is 89.6 Å². The number of rotatable bonds is 16. The van der Waals surface area contributed by atoms with Gasteiger partial charge in [-0.2, -0.15) is 0 Å². The fraction of sp³-hybridized carbons (Fsp3) is 0.556. The summed E-state index contributed by atoms with van der Waals surface area (Å²) in [6.45, 7) is 7.46. The number of phenolic OH excluding ortho intramolecular Hbond substituents is 2. The molecule has 358 valence electrons. The number of carbonyl (C=O) groups is 7. The van der Waals surface area contributed by atoms with Crippen LogP contribution in [0.2, 0.25) is 0 Å². The number of urea groups is 1. The van der Waals surface area contributed by atoms with Crippen molar-refractivity contribution in [2.45, 2.75) is 128 Å². The van der Waals surface area contributed by atoms with Gasteiger partial charge in [-0.15, -0.1) is 0 Å². The lowest BCUT2D eigenvalue weighted by atomic mass is 9.94. The average Bonchev–Trinajstić information content (AvgIpc) is 3.27. The highest BCUT2D eigenvalue weighted by Crippen LogP contribution is 2.20. The van der Waals surface area contributed by atoms with Gasteiger partial charge in [-0.25, -0.2) is 9.59 Å². The highest BCUT2D eigenvalue weighted by molar-refractivity contribution is 5.97. The van der Waals surface area contributed by atoms with Gasteiger partial charge in [0.15, 0.2) is 5.96 Å². The maximum absolute atomic E-state index is 14.7. The number of carboxylic acids is 1. The van der Waals surface area contributed by atoms with E-state index in [1.165, 1.54) is 36.2 Å². The van der Waals surface area contributed by atoms with Gasteiger partial charge in [0.1, 0.15) is 47.8 Å². The number of nitrogens with zero attached hydrogens (tertiary/aromatic N) is 2. The Balaban J connectivity index is 2.06. The third-order valence-corrected chi connectivity index (χ3v) is 11.7. The number of carbonyl (C=O) groups excluding carboxylic acids is 6. The van der Waals surface area contributed by atoms with Crippen LogP contribution in [0.3, 0.4) is 0 Å². The number of aromatic hydroxyl groups is 2. The molecule has 0 bridgehead atoms. The number of amides is 7. The number of nitrogens with two attached hydrogens (primary N) is 2. The van der Waals surface area contributed by atoms with Gasteiger partial charge in [0.25, 0.3) is 0 Å². The van der Waals surface area contributed by atoms with Crippen LogP contribution in [-0.2, 0) is 41.6 Å². The number of carboxylic acid groups (broad SMARTS) is 1. The predicted octanol–water partition coefficient (Wildman–Crippen LogP) is 1.12. The lowest BCUT2D eigenvalue weighted by molar-refractivity contribution is -0.144. The summed E-state index contributed by atoms with van der Waals surface area (Å²) in [6, 6.07) is 4.32. The Bertz CT molecular complexity index is 1940. The highest BCUT2D eigenvalue weighted by atomic mass is 16.4. The molecule has 1 heterocycles. The van der Waals surface area contributed by atoms with Crippen LogP contribution in [0.1, 0.15) is 90.2 Å². The molecule has 0 aromatic heterocycles. The number of hydrogen-bond acceptors (Lipinski definition) is 10. The number of likely N-dealkylation sites (N-methyl/N-ethyl adjacent to an activating group) is 1. The molecule has 65 heavy (non-hydrogen) atoms. The lowest BCUT2D eigenvalue weighted by Gasteiger charge is -2.35. The third kappa shape index (κ3) is 17.1. The second-order valence-corrected chi connectivity index (χ2v) is 16.6. The van der Waals surface area contributed by atoms with Crippen LogP contribution in [0.15, 0.2) is 53.5 Å². The summed E-state index contributed by atoms with van der Waals surface area (Å²) in [5, 5.41) is 45.9. The molecule has 1 aliphatic rings. The van der Waals surface area contributed by atoms with Gasteiger partial charge in [-0.3, -0.25) is 29.0 Å². The zero-order valence-electron chi connectivity index (χ0n) is 38.0. The molecular weight excluding hydrogens is 841 g/mol. The Labute approximate surface area is 380 Å². The van der Waals surface area contributed by atoms with Crippen molar-refractivity contribution in [1.29, 1.82) is 0 Å². The van der Waals surface area contributed by atoms with Gasteiger partial charge < -0.3 is 63.6 Å². The first-order valence-corrected chi connectivity index (χ1v) is 22.2. The van der Waals surface area contributed by atoms with Crippen molar-refractivity contribution in [3.8, 4) is 11.5 Å². The van der Waals surface area contributed by atoms with Crippen molar-refractivity contribution in [2.75, 3.05) is 20.1 Å². The molecule has 0 spiro atoms. The summed E-state index contributed by atoms with van der Waals surface area (Å²) in [6.07, 6.45) is 2.05. The Morgan fingerprint density at radius 2 is 1.42 bits per heavy atom. The van der Waals surface area contributed by atoms with Gasteiger partial charge in [-0.05, 0) is 92.2 Å². The zero-order valence-corrected chi connectivity index (χ0v) is 38.0. The summed E-state index contributed by atoms with van der Waals surface area (Å²) in [5.74, 6) is -5.47. The fourth-order valence-electron chi connectivity index (χ4n) is 7.40. The van der Waals surface area contributed by atoms with Gasteiger partial charge in [-0.1, -0.05) is 64.8 Å². The van der Waals surface area contributed by atoms with Crippen molar-refractivity contribution < 1.29 is 48.9 Å². The van der Waals surface area contributed by atoms with Gasteiger partial charge >= 0.3 is 12.0 Å². The van der Waals surface area contributed by atoms with Crippen LogP contribution >= 0.6 is 0 Å². The molecule has 13 N–H and O–H groups in total. The summed E-state index contributed by atoms with van der Waals surface area (Å²) < 4.78 is 0. The molecule has 1 saturated heterocycles. The van der Waals surface area contributed by atoms with E-state index in [9.17, 15) is 48.9 Å². The first-order chi connectivity index (χ1) is 30.8. The molecule has 2 aromatic carbocycles. The molecule has 20 heteroatoms. The van der Waals surface area contributed by atoms with E-state index in [0.717, 1.165) is 5.56 Å². The van der Waals surface area contributed by atoms with E-state index in [4.69, 9.17) is 11.5 Å². The van der Waals surface area contributed by atoms with Crippen molar-refractivity contribution in [2.24, 2.45) is 28.3 Å². The van der Waals surface area contributed by atoms with E-state index in [0.29, 0.717) is 24.8 Å². The molecule has 20 nitrogen and oxygen atoms in total.